The van der Waals surface area contributed by atoms with Crippen LogP contribution in [0.15, 0.2) is 45.9 Å². The second-order valence-electron chi connectivity index (χ2n) is 4.82. The van der Waals surface area contributed by atoms with E-state index in [9.17, 15) is 0 Å². The Hall–Kier alpha value is -0.206. The average molecular weight is 332 g/mol. The third-order valence-electron chi connectivity index (χ3n) is 3.39. The van der Waals surface area contributed by atoms with Gasteiger partial charge in [0.2, 0.25) is 0 Å². The summed E-state index contributed by atoms with van der Waals surface area (Å²) in [5.74, 6) is 0.970. The van der Waals surface area contributed by atoms with Crippen molar-refractivity contribution in [3.8, 4) is 5.75 Å². The van der Waals surface area contributed by atoms with Crippen LogP contribution in [0.5, 0.6) is 5.75 Å². The number of ether oxygens (including phenoxy) is 1. The third-order valence-corrected chi connectivity index (χ3v) is 4.12. The van der Waals surface area contributed by atoms with Gasteiger partial charge in [0, 0.05) is 0 Å². The summed E-state index contributed by atoms with van der Waals surface area (Å²) in [6.45, 7) is 4.53. The number of halogens is 2. The van der Waals surface area contributed by atoms with Crippen LogP contribution in [0, 0.1) is 0 Å². The van der Waals surface area contributed by atoms with Crippen molar-refractivity contribution >= 4 is 0 Å². The molecule has 19 heavy (non-hydrogen) atoms. The van der Waals surface area contributed by atoms with Gasteiger partial charge in [-0.1, -0.05) is 0 Å². The third kappa shape index (κ3) is 3.67. The minimum atomic E-state index is 0. The zero-order valence-corrected chi connectivity index (χ0v) is 14.4. The van der Waals surface area contributed by atoms with E-state index in [4.69, 9.17) is 4.74 Å². The molecule has 0 amide bonds. The molecule has 1 aliphatic rings. The Morgan fingerprint density at radius 3 is 2.32 bits per heavy atom. The normalized spacial score (nSPS) is 13.9. The summed E-state index contributed by atoms with van der Waals surface area (Å²) in [6.07, 6.45) is 5.57. The Labute approximate surface area is 139 Å². The predicted octanol–water partition coefficient (Wildman–Crippen LogP) is -2.26. The molecule has 1 nitrogen and oxygen atoms in total. The number of allylic oxidation sites excluding steroid dienone is 4. The summed E-state index contributed by atoms with van der Waals surface area (Å²) < 4.78 is 6.94. The van der Waals surface area contributed by atoms with Gasteiger partial charge in [0.05, 0.1) is 0 Å². The van der Waals surface area contributed by atoms with Crippen LogP contribution >= 0.6 is 0 Å². The van der Waals surface area contributed by atoms with Gasteiger partial charge in [-0.2, -0.15) is 0 Å². The van der Waals surface area contributed by atoms with Crippen molar-refractivity contribution in [1.82, 2.24) is 0 Å². The molecule has 0 bridgehead atoms. The van der Waals surface area contributed by atoms with E-state index in [0.717, 1.165) is 12.2 Å². The first-order valence-corrected chi connectivity index (χ1v) is 6.60. The molecular weight excluding hydrogens is 315 g/mol. The van der Waals surface area contributed by atoms with Gasteiger partial charge in [-0.3, -0.25) is 0 Å². The maximum atomic E-state index is 5.48. The molecule has 2 rings (SSSR count). The molecule has 0 aliphatic heterocycles. The SMILES string of the molecule is COc1ccccc1C(C)(C)C1=[C]([Ti+2])CC=C1.[Cl-].[Cl-]. The van der Waals surface area contributed by atoms with E-state index >= 15 is 0 Å². The van der Waals surface area contributed by atoms with Crippen LogP contribution in [-0.4, -0.2) is 7.11 Å². The molecule has 0 unspecified atom stereocenters. The molecule has 0 radical (unpaired) electrons. The van der Waals surface area contributed by atoms with Crippen LogP contribution in [-0.2, 0) is 25.9 Å². The largest absolute Gasteiger partial charge is 1.00 e. The fourth-order valence-corrected chi connectivity index (χ4v) is 3.20. The summed E-state index contributed by atoms with van der Waals surface area (Å²) >= 11 is 2.21. The van der Waals surface area contributed by atoms with Crippen LogP contribution < -0.4 is 29.6 Å². The molecule has 0 aromatic heterocycles. The van der Waals surface area contributed by atoms with Gasteiger partial charge in [-0.15, -0.1) is 0 Å². The number of hydrogen-bond donors (Lipinski definition) is 0. The van der Waals surface area contributed by atoms with Crippen LogP contribution in [0.3, 0.4) is 0 Å². The number of benzene rings is 1. The maximum absolute atomic E-state index is 5.48. The monoisotopic (exact) mass is 331 g/mol. The first-order chi connectivity index (χ1) is 8.07. The molecule has 0 spiro atoms. The van der Waals surface area contributed by atoms with Gasteiger partial charge in [-0.25, -0.2) is 0 Å². The van der Waals surface area contributed by atoms with Crippen LogP contribution in [0.4, 0.5) is 0 Å². The van der Waals surface area contributed by atoms with Gasteiger partial charge in [0.1, 0.15) is 0 Å². The van der Waals surface area contributed by atoms with E-state index < -0.39 is 0 Å². The van der Waals surface area contributed by atoms with Gasteiger partial charge in [0.25, 0.3) is 0 Å². The number of hydrogen-bond acceptors (Lipinski definition) is 1. The summed E-state index contributed by atoms with van der Waals surface area (Å²) in [6, 6.07) is 8.29. The molecule has 0 saturated heterocycles. The molecule has 0 atom stereocenters. The zero-order valence-electron chi connectivity index (χ0n) is 11.3. The Kier molecular flexibility index (Phi) is 7.46. The van der Waals surface area contributed by atoms with Crippen molar-refractivity contribution < 1.29 is 50.0 Å². The average Bonchev–Trinajstić information content (AvgIpc) is 2.76. The fourth-order valence-electron chi connectivity index (χ4n) is 2.40. The van der Waals surface area contributed by atoms with Gasteiger partial charge in [-0.05, 0) is 0 Å². The van der Waals surface area contributed by atoms with Crippen LogP contribution in [0.25, 0.3) is 0 Å². The molecule has 0 saturated carbocycles. The van der Waals surface area contributed by atoms with E-state index in [2.05, 4.69) is 58.6 Å². The number of para-hydroxylation sites is 1. The minimum absolute atomic E-state index is 0. The first-order valence-electron chi connectivity index (χ1n) is 5.82. The Balaban J connectivity index is 0.00000162. The van der Waals surface area contributed by atoms with Crippen molar-refractivity contribution in [2.45, 2.75) is 25.7 Å². The van der Waals surface area contributed by atoms with Crippen LogP contribution in [0.2, 0.25) is 0 Å². The smallest absolute Gasteiger partial charge is 1.00 e. The number of rotatable bonds is 3. The van der Waals surface area contributed by atoms with E-state index in [1.165, 1.54) is 15.0 Å². The van der Waals surface area contributed by atoms with Crippen molar-refractivity contribution in [2.24, 2.45) is 0 Å². The van der Waals surface area contributed by atoms with Crippen molar-refractivity contribution in [3.05, 3.63) is 51.4 Å². The molecule has 0 fully saturated rings. The summed E-state index contributed by atoms with van der Waals surface area (Å²) in [4.78, 5) is 0. The Morgan fingerprint density at radius 1 is 1.16 bits per heavy atom. The molecule has 1 aromatic rings. The first kappa shape index (κ1) is 18.8. The quantitative estimate of drug-likeness (QED) is 0.568. The van der Waals surface area contributed by atoms with Crippen LogP contribution in [0.1, 0.15) is 25.8 Å². The second kappa shape index (κ2) is 7.54. The molecule has 0 heterocycles. The van der Waals surface area contributed by atoms with E-state index in [1.54, 1.807) is 7.11 Å². The Bertz CT molecular complexity index is 493. The fraction of sp³-hybridized carbons (Fsp3) is 0.333. The summed E-state index contributed by atoms with van der Waals surface area (Å²) in [7, 11) is 1.74. The minimum Gasteiger partial charge on any atom is -1.00 e. The standard InChI is InChI=1S/C15H17O.2ClH.Ti/c1-15(2,12-8-4-5-9-12)13-10-6-7-11-14(13)16-3;;;/h4,6-8,10-11H,5H2,1-3H3;2*1H;/q;;;+2/p-2. The maximum Gasteiger partial charge on any atom is -1.00 e. The molecule has 1 aliphatic carbocycles. The molecule has 1 aromatic carbocycles. The zero-order chi connectivity index (χ0) is 12.5. The molecule has 4 heteroatoms. The van der Waals surface area contributed by atoms with E-state index in [1.807, 2.05) is 12.1 Å². The summed E-state index contributed by atoms with van der Waals surface area (Å²) in [5, 5.41) is 0. The molecular formula is C15H17Cl2OTi. The van der Waals surface area contributed by atoms with Crippen molar-refractivity contribution in [1.29, 1.82) is 0 Å². The van der Waals surface area contributed by atoms with Gasteiger partial charge in [0.15, 0.2) is 0 Å². The van der Waals surface area contributed by atoms with Gasteiger partial charge < -0.3 is 24.8 Å². The summed E-state index contributed by atoms with van der Waals surface area (Å²) in [5.41, 5.74) is 2.68. The van der Waals surface area contributed by atoms with E-state index in [0.29, 0.717) is 0 Å². The van der Waals surface area contributed by atoms with Crippen molar-refractivity contribution in [3.63, 3.8) is 0 Å². The van der Waals surface area contributed by atoms with E-state index in [-0.39, 0.29) is 30.2 Å². The second-order valence-corrected chi connectivity index (χ2v) is 5.77. The number of methoxy groups -OCH3 is 1. The molecule has 101 valence electrons. The Morgan fingerprint density at radius 2 is 1.79 bits per heavy atom. The van der Waals surface area contributed by atoms with Gasteiger partial charge >= 0.3 is 115 Å². The predicted molar refractivity (Wildman–Crippen MR) is 66.8 cm³/mol. The molecule has 0 N–H and O–H groups in total. The van der Waals surface area contributed by atoms with Crippen molar-refractivity contribution in [2.75, 3.05) is 7.11 Å². The topological polar surface area (TPSA) is 9.23 Å².